The van der Waals surface area contributed by atoms with E-state index in [1.807, 2.05) is 23.1 Å². The van der Waals surface area contributed by atoms with E-state index in [-0.39, 0.29) is 11.8 Å². The normalized spacial score (nSPS) is 19.5. The molecule has 0 aliphatic carbocycles. The van der Waals surface area contributed by atoms with Gasteiger partial charge in [0, 0.05) is 13.0 Å². The number of amides is 1. The largest absolute Gasteiger partial charge is 0.497 e. The first-order chi connectivity index (χ1) is 11.2. The van der Waals surface area contributed by atoms with E-state index in [0.717, 1.165) is 41.4 Å². The second kappa shape index (κ2) is 5.61. The summed E-state index contributed by atoms with van der Waals surface area (Å²) in [5.41, 5.74) is 3.15. The van der Waals surface area contributed by atoms with Crippen LogP contribution in [0.15, 0.2) is 24.5 Å². The first-order valence-electron chi connectivity index (χ1n) is 7.84. The molecule has 2 aliphatic rings. The number of aromatic nitrogens is 2. The van der Waals surface area contributed by atoms with Crippen molar-refractivity contribution in [1.82, 2.24) is 14.9 Å². The average molecular weight is 313 g/mol. The molecule has 3 heterocycles. The smallest absolute Gasteiger partial charge is 0.229 e. The Labute approximate surface area is 134 Å². The molecule has 0 fully saturated rings. The van der Waals surface area contributed by atoms with Gasteiger partial charge in [-0.25, -0.2) is 4.98 Å². The number of nitrogens with one attached hydrogen (secondary N) is 1. The maximum atomic E-state index is 12.8. The summed E-state index contributed by atoms with van der Waals surface area (Å²) >= 11 is 0. The van der Waals surface area contributed by atoms with Gasteiger partial charge in [-0.3, -0.25) is 4.79 Å². The van der Waals surface area contributed by atoms with Gasteiger partial charge < -0.3 is 19.4 Å². The lowest BCUT2D eigenvalue weighted by molar-refractivity contribution is -0.138. The van der Waals surface area contributed by atoms with Crippen LogP contribution in [0, 0.1) is 5.92 Å². The van der Waals surface area contributed by atoms with Crippen molar-refractivity contribution in [2.75, 3.05) is 20.3 Å². The fourth-order valence-corrected chi connectivity index (χ4v) is 3.32. The summed E-state index contributed by atoms with van der Waals surface area (Å²) in [6.07, 6.45) is 3.20. The van der Waals surface area contributed by atoms with Crippen molar-refractivity contribution in [3.63, 3.8) is 0 Å². The minimum atomic E-state index is -0.140. The molecule has 2 aromatic rings. The standard InChI is InChI=1S/C17H19N3O3/c1-22-13-2-3-16-11(7-13)6-12(9-23-16)17(21)20-5-4-14-15(8-20)19-10-18-14/h2-3,7,10,12H,4-6,8-9H2,1H3,(H,18,19). The van der Waals surface area contributed by atoms with E-state index < -0.39 is 0 Å². The summed E-state index contributed by atoms with van der Waals surface area (Å²) in [6, 6.07) is 5.75. The van der Waals surface area contributed by atoms with Crippen LogP contribution in [-0.4, -0.2) is 41.0 Å². The Morgan fingerprint density at radius 3 is 3.26 bits per heavy atom. The van der Waals surface area contributed by atoms with E-state index in [0.29, 0.717) is 19.6 Å². The molecule has 23 heavy (non-hydrogen) atoms. The van der Waals surface area contributed by atoms with Gasteiger partial charge in [0.1, 0.15) is 18.1 Å². The van der Waals surface area contributed by atoms with Crippen molar-refractivity contribution in [2.24, 2.45) is 5.92 Å². The second-order valence-electron chi connectivity index (χ2n) is 6.02. The van der Waals surface area contributed by atoms with E-state index in [2.05, 4.69) is 9.97 Å². The summed E-state index contributed by atoms with van der Waals surface area (Å²) in [5, 5.41) is 0. The number of H-pyrrole nitrogens is 1. The van der Waals surface area contributed by atoms with Gasteiger partial charge in [-0.2, -0.15) is 0 Å². The Hall–Kier alpha value is -2.50. The molecule has 1 unspecified atom stereocenters. The minimum absolute atomic E-state index is 0.140. The number of carbonyl (C=O) groups is 1. The van der Waals surface area contributed by atoms with Crippen LogP contribution in [0.25, 0.3) is 0 Å². The third-order valence-electron chi connectivity index (χ3n) is 4.61. The molecule has 0 saturated heterocycles. The highest BCUT2D eigenvalue weighted by Gasteiger charge is 2.32. The molecule has 1 atom stereocenters. The Bertz CT molecular complexity index is 740. The molecule has 1 amide bonds. The molecule has 0 saturated carbocycles. The van der Waals surface area contributed by atoms with Crippen LogP contribution in [0.5, 0.6) is 11.5 Å². The van der Waals surface area contributed by atoms with Crippen LogP contribution < -0.4 is 9.47 Å². The first-order valence-corrected chi connectivity index (χ1v) is 7.84. The lowest BCUT2D eigenvalue weighted by Gasteiger charge is -2.32. The van der Waals surface area contributed by atoms with Gasteiger partial charge in [-0.15, -0.1) is 0 Å². The quantitative estimate of drug-likeness (QED) is 0.913. The van der Waals surface area contributed by atoms with Crippen LogP contribution in [-0.2, 0) is 24.2 Å². The molecule has 6 heteroatoms. The topological polar surface area (TPSA) is 67.5 Å². The molecule has 1 aromatic heterocycles. The molecule has 4 rings (SSSR count). The second-order valence-corrected chi connectivity index (χ2v) is 6.02. The van der Waals surface area contributed by atoms with E-state index in [1.54, 1.807) is 13.4 Å². The molecule has 0 spiro atoms. The van der Waals surface area contributed by atoms with Crippen LogP contribution in [0.4, 0.5) is 0 Å². The molecule has 2 aliphatic heterocycles. The van der Waals surface area contributed by atoms with Gasteiger partial charge in [0.2, 0.25) is 5.91 Å². The average Bonchev–Trinajstić information content (AvgIpc) is 3.07. The highest BCUT2D eigenvalue weighted by molar-refractivity contribution is 5.80. The van der Waals surface area contributed by atoms with E-state index in [4.69, 9.17) is 9.47 Å². The number of hydrogen-bond acceptors (Lipinski definition) is 4. The number of aromatic amines is 1. The number of fused-ring (bicyclic) bond motifs is 2. The Morgan fingerprint density at radius 2 is 2.39 bits per heavy atom. The molecule has 1 N–H and O–H groups in total. The summed E-state index contributed by atoms with van der Waals surface area (Å²) in [7, 11) is 1.64. The first kappa shape index (κ1) is 14.1. The summed E-state index contributed by atoms with van der Waals surface area (Å²) in [6.45, 7) is 1.76. The van der Waals surface area contributed by atoms with Crippen LogP contribution >= 0.6 is 0 Å². The fourth-order valence-electron chi connectivity index (χ4n) is 3.32. The fraction of sp³-hybridized carbons (Fsp3) is 0.412. The summed E-state index contributed by atoms with van der Waals surface area (Å²) < 4.78 is 11.0. The third kappa shape index (κ3) is 2.54. The van der Waals surface area contributed by atoms with Gasteiger partial charge >= 0.3 is 0 Å². The van der Waals surface area contributed by atoms with Crippen molar-refractivity contribution in [2.45, 2.75) is 19.4 Å². The molecular weight excluding hydrogens is 294 g/mol. The molecular formula is C17H19N3O3. The minimum Gasteiger partial charge on any atom is -0.497 e. The van der Waals surface area contributed by atoms with Crippen molar-refractivity contribution < 1.29 is 14.3 Å². The zero-order valence-corrected chi connectivity index (χ0v) is 13.0. The maximum absolute atomic E-state index is 12.8. The van der Waals surface area contributed by atoms with Crippen molar-refractivity contribution in [3.05, 3.63) is 41.5 Å². The Kier molecular flexibility index (Phi) is 3.44. The van der Waals surface area contributed by atoms with Crippen LogP contribution in [0.3, 0.4) is 0 Å². The molecule has 0 radical (unpaired) electrons. The predicted molar refractivity (Wildman–Crippen MR) is 83.4 cm³/mol. The van der Waals surface area contributed by atoms with Gasteiger partial charge in [-0.05, 0) is 30.2 Å². The summed E-state index contributed by atoms with van der Waals surface area (Å²) in [4.78, 5) is 22.1. The zero-order chi connectivity index (χ0) is 15.8. The Morgan fingerprint density at radius 1 is 1.48 bits per heavy atom. The van der Waals surface area contributed by atoms with E-state index in [9.17, 15) is 4.79 Å². The van der Waals surface area contributed by atoms with E-state index in [1.165, 1.54) is 0 Å². The highest BCUT2D eigenvalue weighted by atomic mass is 16.5. The van der Waals surface area contributed by atoms with Gasteiger partial charge in [0.05, 0.1) is 37.3 Å². The number of rotatable bonds is 2. The zero-order valence-electron chi connectivity index (χ0n) is 13.0. The number of ether oxygens (including phenoxy) is 2. The summed E-state index contributed by atoms with van der Waals surface area (Å²) in [5.74, 6) is 1.66. The lowest BCUT2D eigenvalue weighted by Crippen LogP contribution is -2.43. The van der Waals surface area contributed by atoms with Crippen LogP contribution in [0.1, 0.15) is 17.0 Å². The molecule has 0 bridgehead atoms. The van der Waals surface area contributed by atoms with Crippen molar-refractivity contribution in [3.8, 4) is 11.5 Å². The third-order valence-corrected chi connectivity index (χ3v) is 4.61. The van der Waals surface area contributed by atoms with Gasteiger partial charge in [-0.1, -0.05) is 0 Å². The Balaban J connectivity index is 1.49. The van der Waals surface area contributed by atoms with Gasteiger partial charge in [0.15, 0.2) is 0 Å². The number of carbonyl (C=O) groups excluding carboxylic acids is 1. The number of hydrogen-bond donors (Lipinski definition) is 1. The number of benzene rings is 1. The lowest BCUT2D eigenvalue weighted by atomic mass is 9.94. The van der Waals surface area contributed by atoms with E-state index >= 15 is 0 Å². The number of methoxy groups -OCH3 is 1. The van der Waals surface area contributed by atoms with Gasteiger partial charge in [0.25, 0.3) is 0 Å². The molecule has 6 nitrogen and oxygen atoms in total. The number of imidazole rings is 1. The monoisotopic (exact) mass is 313 g/mol. The molecule has 1 aromatic carbocycles. The molecule has 120 valence electrons. The van der Waals surface area contributed by atoms with Crippen molar-refractivity contribution in [1.29, 1.82) is 0 Å². The SMILES string of the molecule is COc1ccc2c(c1)CC(C(=O)N1CCc3nc[nH]c3C1)CO2. The maximum Gasteiger partial charge on any atom is 0.229 e. The van der Waals surface area contributed by atoms with Crippen molar-refractivity contribution >= 4 is 5.91 Å². The highest BCUT2D eigenvalue weighted by Crippen LogP contribution is 2.31. The van der Waals surface area contributed by atoms with Crippen LogP contribution in [0.2, 0.25) is 0 Å². The predicted octanol–water partition coefficient (Wildman–Crippen LogP) is 1.55. The number of nitrogens with zero attached hydrogens (tertiary/aromatic N) is 2.